The monoisotopic (exact) mass is 381 g/mol. The van der Waals surface area contributed by atoms with Crippen LogP contribution in [0.4, 0.5) is 5.82 Å². The Morgan fingerprint density at radius 1 is 1.04 bits per heavy atom. The van der Waals surface area contributed by atoms with Gasteiger partial charge in [-0.1, -0.05) is 18.2 Å². The fraction of sp³-hybridized carbons (Fsp3) is 0.455. The summed E-state index contributed by atoms with van der Waals surface area (Å²) in [5.74, 6) is 2.01. The molecular weight excluding hydrogens is 354 g/mol. The van der Waals surface area contributed by atoms with Crippen LogP contribution >= 0.6 is 0 Å². The summed E-state index contributed by atoms with van der Waals surface area (Å²) in [6.45, 7) is 4.27. The minimum Gasteiger partial charge on any atom is -0.497 e. The van der Waals surface area contributed by atoms with Gasteiger partial charge in [0.2, 0.25) is 5.91 Å². The highest BCUT2D eigenvalue weighted by atomic mass is 16.5. The van der Waals surface area contributed by atoms with Gasteiger partial charge in [-0.3, -0.25) is 4.79 Å². The maximum atomic E-state index is 13.7. The number of hydrogen-bond acceptors (Lipinski definition) is 5. The SMILES string of the molecule is COc1ccc(C2(C(=O)N3CCN(c4ccccn4)CC3)CCOCC2)cc1. The second-order valence-corrected chi connectivity index (χ2v) is 7.39. The van der Waals surface area contributed by atoms with Crippen LogP contribution in [-0.4, -0.2) is 62.3 Å². The number of rotatable bonds is 4. The molecule has 0 saturated carbocycles. The Balaban J connectivity index is 1.52. The second-order valence-electron chi connectivity index (χ2n) is 7.39. The van der Waals surface area contributed by atoms with E-state index in [4.69, 9.17) is 9.47 Å². The third kappa shape index (κ3) is 3.56. The van der Waals surface area contributed by atoms with Crippen molar-refractivity contribution in [1.82, 2.24) is 9.88 Å². The van der Waals surface area contributed by atoms with E-state index in [9.17, 15) is 4.79 Å². The van der Waals surface area contributed by atoms with Gasteiger partial charge >= 0.3 is 0 Å². The second kappa shape index (κ2) is 8.19. The average Bonchev–Trinajstić information content (AvgIpc) is 2.80. The van der Waals surface area contributed by atoms with E-state index >= 15 is 0 Å². The number of hydrogen-bond donors (Lipinski definition) is 0. The van der Waals surface area contributed by atoms with Crippen LogP contribution in [0.2, 0.25) is 0 Å². The van der Waals surface area contributed by atoms with Crippen LogP contribution < -0.4 is 9.64 Å². The summed E-state index contributed by atoms with van der Waals surface area (Å²) in [6.07, 6.45) is 3.25. The van der Waals surface area contributed by atoms with Crippen LogP contribution in [0.15, 0.2) is 48.7 Å². The summed E-state index contributed by atoms with van der Waals surface area (Å²) >= 11 is 0. The Bertz CT molecular complexity index is 780. The van der Waals surface area contributed by atoms with Crippen LogP contribution in [0.1, 0.15) is 18.4 Å². The van der Waals surface area contributed by atoms with E-state index in [1.165, 1.54) is 0 Å². The number of benzene rings is 1. The molecule has 6 heteroatoms. The quantitative estimate of drug-likeness (QED) is 0.815. The maximum Gasteiger partial charge on any atom is 0.233 e. The van der Waals surface area contributed by atoms with Crippen molar-refractivity contribution in [2.24, 2.45) is 0 Å². The normalized spacial score (nSPS) is 19.3. The molecule has 0 aliphatic carbocycles. The molecule has 2 aliphatic rings. The molecule has 1 amide bonds. The number of nitrogens with zero attached hydrogens (tertiary/aromatic N) is 3. The topological polar surface area (TPSA) is 54.9 Å². The smallest absolute Gasteiger partial charge is 0.233 e. The molecule has 3 heterocycles. The highest BCUT2D eigenvalue weighted by Crippen LogP contribution is 2.38. The molecule has 0 N–H and O–H groups in total. The molecule has 2 aromatic rings. The zero-order valence-electron chi connectivity index (χ0n) is 16.3. The van der Waals surface area contributed by atoms with E-state index in [1.807, 2.05) is 53.6 Å². The predicted molar refractivity (Wildman–Crippen MR) is 108 cm³/mol. The molecule has 1 aromatic heterocycles. The largest absolute Gasteiger partial charge is 0.497 e. The van der Waals surface area contributed by atoms with E-state index in [2.05, 4.69) is 9.88 Å². The van der Waals surface area contributed by atoms with Crippen LogP contribution in [0.5, 0.6) is 5.75 Å². The number of carbonyl (C=O) groups is 1. The lowest BCUT2D eigenvalue weighted by molar-refractivity contribution is -0.141. The summed E-state index contributed by atoms with van der Waals surface area (Å²) in [5.41, 5.74) is 0.561. The van der Waals surface area contributed by atoms with Gasteiger partial charge < -0.3 is 19.3 Å². The van der Waals surface area contributed by atoms with Gasteiger partial charge in [-0.25, -0.2) is 4.98 Å². The highest BCUT2D eigenvalue weighted by Gasteiger charge is 2.44. The first-order valence-electron chi connectivity index (χ1n) is 9.90. The summed E-state index contributed by atoms with van der Waals surface area (Å²) in [5, 5.41) is 0. The number of amides is 1. The fourth-order valence-corrected chi connectivity index (χ4v) is 4.24. The van der Waals surface area contributed by atoms with E-state index in [0.717, 1.165) is 43.1 Å². The van der Waals surface area contributed by atoms with Crippen molar-refractivity contribution in [2.75, 3.05) is 51.4 Å². The lowest BCUT2D eigenvalue weighted by Crippen LogP contribution is -2.56. The van der Waals surface area contributed by atoms with E-state index in [0.29, 0.717) is 26.3 Å². The minimum atomic E-state index is -0.502. The lowest BCUT2D eigenvalue weighted by Gasteiger charge is -2.43. The van der Waals surface area contributed by atoms with E-state index in [1.54, 1.807) is 7.11 Å². The Morgan fingerprint density at radius 3 is 2.36 bits per heavy atom. The molecule has 0 unspecified atom stereocenters. The third-order valence-corrected chi connectivity index (χ3v) is 5.94. The van der Waals surface area contributed by atoms with Crippen molar-refractivity contribution in [3.05, 3.63) is 54.2 Å². The van der Waals surface area contributed by atoms with Crippen LogP contribution in [-0.2, 0) is 14.9 Å². The van der Waals surface area contributed by atoms with Crippen LogP contribution in [0.3, 0.4) is 0 Å². The number of pyridine rings is 1. The van der Waals surface area contributed by atoms with Gasteiger partial charge in [0.1, 0.15) is 11.6 Å². The zero-order valence-corrected chi connectivity index (χ0v) is 16.3. The van der Waals surface area contributed by atoms with Gasteiger partial charge in [0, 0.05) is 45.6 Å². The molecule has 6 nitrogen and oxygen atoms in total. The highest BCUT2D eigenvalue weighted by molar-refractivity contribution is 5.88. The summed E-state index contributed by atoms with van der Waals surface area (Å²) in [7, 11) is 1.66. The van der Waals surface area contributed by atoms with Crippen molar-refractivity contribution >= 4 is 11.7 Å². The molecule has 0 spiro atoms. The Morgan fingerprint density at radius 2 is 1.75 bits per heavy atom. The van der Waals surface area contributed by atoms with Gasteiger partial charge in [-0.2, -0.15) is 0 Å². The number of carbonyl (C=O) groups excluding carboxylic acids is 1. The molecule has 0 bridgehead atoms. The Kier molecular flexibility index (Phi) is 5.48. The molecule has 0 radical (unpaired) electrons. The predicted octanol–water partition coefficient (Wildman–Crippen LogP) is 2.49. The molecular formula is C22H27N3O3. The van der Waals surface area contributed by atoms with Crippen LogP contribution in [0.25, 0.3) is 0 Å². The number of piperazine rings is 1. The van der Waals surface area contributed by atoms with Crippen molar-refractivity contribution in [1.29, 1.82) is 0 Å². The fourth-order valence-electron chi connectivity index (χ4n) is 4.24. The average molecular weight is 381 g/mol. The molecule has 4 rings (SSSR count). The van der Waals surface area contributed by atoms with Gasteiger partial charge in [-0.15, -0.1) is 0 Å². The van der Waals surface area contributed by atoms with Crippen molar-refractivity contribution in [2.45, 2.75) is 18.3 Å². The van der Waals surface area contributed by atoms with Crippen LogP contribution in [0, 0.1) is 0 Å². The van der Waals surface area contributed by atoms with Gasteiger partial charge in [0.15, 0.2) is 0 Å². The van der Waals surface area contributed by atoms with Gasteiger partial charge in [0.25, 0.3) is 0 Å². The first kappa shape index (κ1) is 18.7. The number of methoxy groups -OCH3 is 1. The van der Waals surface area contributed by atoms with E-state index < -0.39 is 5.41 Å². The number of aromatic nitrogens is 1. The Hall–Kier alpha value is -2.60. The van der Waals surface area contributed by atoms with Gasteiger partial charge in [-0.05, 0) is 42.7 Å². The molecule has 2 saturated heterocycles. The molecule has 28 heavy (non-hydrogen) atoms. The summed E-state index contributed by atoms with van der Waals surface area (Å²) in [6, 6.07) is 13.9. The van der Waals surface area contributed by atoms with Gasteiger partial charge in [0.05, 0.1) is 12.5 Å². The van der Waals surface area contributed by atoms with Crippen molar-refractivity contribution < 1.29 is 14.3 Å². The first-order valence-corrected chi connectivity index (χ1v) is 9.90. The molecule has 148 valence electrons. The molecule has 0 atom stereocenters. The number of anilines is 1. The Labute approximate surface area is 166 Å². The van der Waals surface area contributed by atoms with Crippen molar-refractivity contribution in [3.8, 4) is 5.75 Å². The third-order valence-electron chi connectivity index (χ3n) is 5.94. The number of ether oxygens (including phenoxy) is 2. The maximum absolute atomic E-state index is 13.7. The lowest BCUT2D eigenvalue weighted by atomic mass is 9.73. The summed E-state index contributed by atoms with van der Waals surface area (Å²) in [4.78, 5) is 22.4. The minimum absolute atomic E-state index is 0.224. The van der Waals surface area contributed by atoms with Crippen molar-refractivity contribution in [3.63, 3.8) is 0 Å². The molecule has 2 aliphatic heterocycles. The zero-order chi connectivity index (χ0) is 19.4. The first-order chi connectivity index (χ1) is 13.7. The standard InChI is InChI=1S/C22H27N3O3/c1-27-19-7-5-18(6-8-19)22(9-16-28-17-10-22)21(26)25-14-12-24(13-15-25)20-4-2-3-11-23-20/h2-8,11H,9-10,12-17H2,1H3. The molecule has 2 fully saturated rings. The van der Waals surface area contributed by atoms with E-state index in [-0.39, 0.29) is 5.91 Å². The molecule has 1 aromatic carbocycles. The summed E-state index contributed by atoms with van der Waals surface area (Å²) < 4.78 is 10.9.